The van der Waals surface area contributed by atoms with Crippen LogP contribution in [0.3, 0.4) is 0 Å². The monoisotopic (exact) mass is 212 g/mol. The quantitative estimate of drug-likeness (QED) is 0.710. The van der Waals surface area contributed by atoms with E-state index in [1.807, 2.05) is 0 Å². The lowest BCUT2D eigenvalue weighted by Gasteiger charge is -2.13. The van der Waals surface area contributed by atoms with Crippen LogP contribution in [-0.2, 0) is 9.53 Å². The van der Waals surface area contributed by atoms with Crippen molar-refractivity contribution in [2.24, 2.45) is 0 Å². The molecule has 0 spiro atoms. The Labute approximate surface area is 90.8 Å². The zero-order valence-electron chi connectivity index (χ0n) is 9.13. The van der Waals surface area contributed by atoms with Gasteiger partial charge in [0.1, 0.15) is 6.10 Å². The smallest absolute Gasteiger partial charge is 0.249 e. The van der Waals surface area contributed by atoms with Crippen LogP contribution in [0.25, 0.3) is 0 Å². The Morgan fingerprint density at radius 2 is 2.33 bits per heavy atom. The van der Waals surface area contributed by atoms with Crippen molar-refractivity contribution in [2.45, 2.75) is 44.2 Å². The van der Waals surface area contributed by atoms with Crippen LogP contribution in [0.1, 0.15) is 32.1 Å². The topological polar surface area (TPSA) is 50.4 Å². The number of carbonyl (C=O) groups excluding carboxylic acids is 1. The maximum atomic E-state index is 11.6. The molecule has 0 saturated carbocycles. The second-order valence-corrected chi connectivity index (χ2v) is 4.37. The number of hydrogen-bond acceptors (Lipinski definition) is 3. The molecule has 86 valence electrons. The van der Waals surface area contributed by atoms with Crippen molar-refractivity contribution in [3.05, 3.63) is 0 Å². The minimum Gasteiger partial charge on any atom is -0.368 e. The molecule has 15 heavy (non-hydrogen) atoms. The lowest BCUT2D eigenvalue weighted by Crippen LogP contribution is -2.36. The van der Waals surface area contributed by atoms with E-state index in [0.29, 0.717) is 6.04 Å². The summed E-state index contributed by atoms with van der Waals surface area (Å²) in [7, 11) is 0. The van der Waals surface area contributed by atoms with Gasteiger partial charge in [-0.25, -0.2) is 0 Å². The summed E-state index contributed by atoms with van der Waals surface area (Å²) in [6.07, 6.45) is 5.27. The van der Waals surface area contributed by atoms with Crippen molar-refractivity contribution in [1.29, 1.82) is 0 Å². The highest BCUT2D eigenvalue weighted by molar-refractivity contribution is 5.80. The third kappa shape index (κ3) is 3.18. The molecule has 2 saturated heterocycles. The van der Waals surface area contributed by atoms with E-state index in [0.717, 1.165) is 39.0 Å². The Balaban J connectivity index is 1.58. The van der Waals surface area contributed by atoms with Crippen LogP contribution in [0.4, 0.5) is 0 Å². The molecule has 2 aliphatic rings. The van der Waals surface area contributed by atoms with E-state index in [4.69, 9.17) is 4.74 Å². The van der Waals surface area contributed by atoms with Gasteiger partial charge in [-0.1, -0.05) is 0 Å². The Hall–Kier alpha value is -0.610. The Morgan fingerprint density at radius 3 is 3.00 bits per heavy atom. The first-order chi connectivity index (χ1) is 7.36. The molecule has 4 nitrogen and oxygen atoms in total. The van der Waals surface area contributed by atoms with Gasteiger partial charge >= 0.3 is 0 Å². The second-order valence-electron chi connectivity index (χ2n) is 4.37. The zero-order chi connectivity index (χ0) is 10.5. The molecule has 0 bridgehead atoms. The largest absolute Gasteiger partial charge is 0.368 e. The van der Waals surface area contributed by atoms with Crippen LogP contribution in [0.15, 0.2) is 0 Å². The average Bonchev–Trinajstić information content (AvgIpc) is 2.90. The van der Waals surface area contributed by atoms with Gasteiger partial charge in [0.25, 0.3) is 0 Å². The van der Waals surface area contributed by atoms with Gasteiger partial charge in [-0.2, -0.15) is 0 Å². The van der Waals surface area contributed by atoms with Crippen molar-refractivity contribution in [3.63, 3.8) is 0 Å². The summed E-state index contributed by atoms with van der Waals surface area (Å²) in [4.78, 5) is 11.6. The Kier molecular flexibility index (Phi) is 3.97. The number of ether oxygens (including phenoxy) is 1. The fourth-order valence-corrected chi connectivity index (χ4v) is 2.27. The van der Waals surface area contributed by atoms with Gasteiger partial charge in [0.05, 0.1) is 0 Å². The second kappa shape index (κ2) is 5.47. The van der Waals surface area contributed by atoms with Crippen molar-refractivity contribution >= 4 is 5.91 Å². The standard InChI is InChI=1S/C11H20N2O2/c14-11(10-4-2-8-15-10)13-7-5-9-3-1-6-12-9/h9-10,12H,1-8H2,(H,13,14)/t9-,10?/m1/s1. The number of rotatable bonds is 4. The summed E-state index contributed by atoms with van der Waals surface area (Å²) in [6, 6.07) is 0.606. The molecule has 1 unspecified atom stereocenters. The fraction of sp³-hybridized carbons (Fsp3) is 0.909. The molecule has 1 amide bonds. The Morgan fingerprint density at radius 1 is 1.40 bits per heavy atom. The van der Waals surface area contributed by atoms with Gasteiger partial charge < -0.3 is 15.4 Å². The van der Waals surface area contributed by atoms with Crippen LogP contribution >= 0.6 is 0 Å². The summed E-state index contributed by atoms with van der Waals surface area (Å²) in [5.41, 5.74) is 0. The number of hydrogen-bond donors (Lipinski definition) is 2. The molecule has 4 heteroatoms. The van der Waals surface area contributed by atoms with Gasteiger partial charge in [0.15, 0.2) is 0 Å². The molecule has 0 aromatic rings. The molecular formula is C11H20N2O2. The highest BCUT2D eigenvalue weighted by atomic mass is 16.5. The maximum absolute atomic E-state index is 11.6. The molecular weight excluding hydrogens is 192 g/mol. The van der Waals surface area contributed by atoms with Crippen molar-refractivity contribution in [2.75, 3.05) is 19.7 Å². The third-order valence-electron chi connectivity index (χ3n) is 3.18. The third-order valence-corrected chi connectivity index (χ3v) is 3.18. The molecule has 2 fully saturated rings. The van der Waals surface area contributed by atoms with Crippen LogP contribution in [-0.4, -0.2) is 37.7 Å². The van der Waals surface area contributed by atoms with E-state index in [2.05, 4.69) is 10.6 Å². The van der Waals surface area contributed by atoms with E-state index in [9.17, 15) is 4.79 Å². The molecule has 2 heterocycles. The molecule has 0 aromatic heterocycles. The number of carbonyl (C=O) groups is 1. The SMILES string of the molecule is O=C(NCC[C@H]1CCCN1)C1CCCO1. The predicted octanol–water partition coefficient (Wildman–Crippen LogP) is 0.424. The van der Waals surface area contributed by atoms with Gasteiger partial charge in [-0.15, -0.1) is 0 Å². The first kappa shape index (κ1) is 10.9. The molecule has 2 rings (SSSR count). The van der Waals surface area contributed by atoms with Crippen LogP contribution in [0.2, 0.25) is 0 Å². The zero-order valence-corrected chi connectivity index (χ0v) is 9.13. The van der Waals surface area contributed by atoms with Crippen LogP contribution < -0.4 is 10.6 Å². The summed E-state index contributed by atoms with van der Waals surface area (Å²) in [5, 5.41) is 6.36. The number of amides is 1. The lowest BCUT2D eigenvalue weighted by atomic mass is 10.1. The molecule has 0 aliphatic carbocycles. The summed E-state index contributed by atoms with van der Waals surface area (Å²) in [5.74, 6) is 0.0745. The first-order valence-corrected chi connectivity index (χ1v) is 5.99. The van der Waals surface area contributed by atoms with Gasteiger partial charge in [-0.05, 0) is 38.6 Å². The predicted molar refractivity (Wildman–Crippen MR) is 57.6 cm³/mol. The average molecular weight is 212 g/mol. The van der Waals surface area contributed by atoms with E-state index < -0.39 is 0 Å². The molecule has 2 atom stereocenters. The van der Waals surface area contributed by atoms with Crippen LogP contribution in [0.5, 0.6) is 0 Å². The van der Waals surface area contributed by atoms with Gasteiger partial charge in [0.2, 0.25) is 5.91 Å². The molecule has 0 aromatic carbocycles. The molecule has 2 N–H and O–H groups in total. The van der Waals surface area contributed by atoms with Crippen LogP contribution in [0, 0.1) is 0 Å². The summed E-state index contributed by atoms with van der Waals surface area (Å²) in [6.45, 7) is 2.64. The highest BCUT2D eigenvalue weighted by Gasteiger charge is 2.23. The fourth-order valence-electron chi connectivity index (χ4n) is 2.27. The minimum atomic E-state index is -0.179. The normalized spacial score (nSPS) is 30.7. The first-order valence-electron chi connectivity index (χ1n) is 5.99. The molecule has 2 aliphatic heterocycles. The van der Waals surface area contributed by atoms with Gasteiger partial charge in [0, 0.05) is 19.2 Å². The highest BCUT2D eigenvalue weighted by Crippen LogP contribution is 2.12. The van der Waals surface area contributed by atoms with Crippen molar-refractivity contribution in [3.8, 4) is 0 Å². The number of nitrogens with one attached hydrogen (secondary N) is 2. The lowest BCUT2D eigenvalue weighted by molar-refractivity contribution is -0.130. The summed E-state index contributed by atoms with van der Waals surface area (Å²) < 4.78 is 5.31. The molecule has 0 radical (unpaired) electrons. The van der Waals surface area contributed by atoms with Crippen molar-refractivity contribution in [1.82, 2.24) is 10.6 Å². The van der Waals surface area contributed by atoms with Gasteiger partial charge in [-0.3, -0.25) is 4.79 Å². The van der Waals surface area contributed by atoms with Crippen molar-refractivity contribution < 1.29 is 9.53 Å². The maximum Gasteiger partial charge on any atom is 0.249 e. The summed E-state index contributed by atoms with van der Waals surface area (Å²) >= 11 is 0. The van der Waals surface area contributed by atoms with E-state index in [1.54, 1.807) is 0 Å². The van der Waals surface area contributed by atoms with E-state index in [-0.39, 0.29) is 12.0 Å². The van der Waals surface area contributed by atoms with E-state index >= 15 is 0 Å². The minimum absolute atomic E-state index is 0.0745. The van der Waals surface area contributed by atoms with E-state index in [1.165, 1.54) is 12.8 Å². The Bertz CT molecular complexity index is 209.